The molecule has 0 aliphatic carbocycles. The molecule has 6 heteroatoms. The van der Waals surface area contributed by atoms with Crippen LogP contribution in [0.5, 0.6) is 0 Å². The number of rotatable bonds is 3. The minimum absolute atomic E-state index is 0.0139. The maximum absolute atomic E-state index is 12.4. The van der Waals surface area contributed by atoms with Gasteiger partial charge in [0.15, 0.2) is 5.79 Å². The Morgan fingerprint density at radius 1 is 1.36 bits per heavy atom. The summed E-state index contributed by atoms with van der Waals surface area (Å²) in [6.07, 6.45) is 2.51. The van der Waals surface area contributed by atoms with E-state index in [2.05, 4.69) is 16.9 Å². The van der Waals surface area contributed by atoms with Gasteiger partial charge in [0.1, 0.15) is 5.82 Å². The van der Waals surface area contributed by atoms with E-state index >= 15 is 0 Å². The van der Waals surface area contributed by atoms with E-state index in [9.17, 15) is 4.79 Å². The molecule has 0 spiro atoms. The molecule has 1 N–H and O–H groups in total. The predicted molar refractivity (Wildman–Crippen MR) is 95.9 cm³/mol. The smallest absolute Gasteiger partial charge is 0.348 e. The van der Waals surface area contributed by atoms with E-state index in [0.29, 0.717) is 25.4 Å². The lowest BCUT2D eigenvalue weighted by molar-refractivity contribution is -0.139. The molecule has 1 unspecified atom stereocenters. The second-order valence-electron chi connectivity index (χ2n) is 6.87. The molecule has 0 amide bonds. The van der Waals surface area contributed by atoms with Crippen LogP contribution >= 0.6 is 0 Å². The Hall–Kier alpha value is -2.44. The van der Waals surface area contributed by atoms with Gasteiger partial charge in [0.2, 0.25) is 0 Å². The predicted octanol–water partition coefficient (Wildman–Crippen LogP) is 2.90. The van der Waals surface area contributed by atoms with E-state index in [1.807, 2.05) is 44.3 Å². The first kappa shape index (κ1) is 16.1. The number of nitrogens with zero attached hydrogens (tertiary/aromatic N) is 2. The normalized spacial score (nSPS) is 20.7. The summed E-state index contributed by atoms with van der Waals surface area (Å²) in [5, 5.41) is 3.22. The zero-order valence-corrected chi connectivity index (χ0v) is 14.4. The van der Waals surface area contributed by atoms with Crippen molar-refractivity contribution in [1.82, 2.24) is 9.55 Å². The van der Waals surface area contributed by atoms with Gasteiger partial charge in [0.05, 0.1) is 12.7 Å². The zero-order valence-electron chi connectivity index (χ0n) is 14.4. The van der Waals surface area contributed by atoms with E-state index in [-0.39, 0.29) is 11.8 Å². The van der Waals surface area contributed by atoms with Crippen LogP contribution in [0.2, 0.25) is 0 Å². The first-order chi connectivity index (χ1) is 11.9. The Bertz CT molecular complexity index is 901. The largest absolute Gasteiger partial charge is 0.349 e. The molecule has 1 aromatic carbocycles. The van der Waals surface area contributed by atoms with Crippen LogP contribution in [-0.4, -0.2) is 28.0 Å². The lowest BCUT2D eigenvalue weighted by atomic mass is 9.96. The van der Waals surface area contributed by atoms with Crippen molar-refractivity contribution in [1.29, 1.82) is 0 Å². The highest BCUT2D eigenvalue weighted by Crippen LogP contribution is 2.37. The molecule has 6 nitrogen and oxygen atoms in total. The summed E-state index contributed by atoms with van der Waals surface area (Å²) >= 11 is 0. The fourth-order valence-corrected chi connectivity index (χ4v) is 3.28. The number of aromatic nitrogens is 2. The molecule has 2 aliphatic heterocycles. The van der Waals surface area contributed by atoms with Crippen molar-refractivity contribution < 1.29 is 9.47 Å². The van der Waals surface area contributed by atoms with Crippen molar-refractivity contribution in [3.63, 3.8) is 0 Å². The summed E-state index contributed by atoms with van der Waals surface area (Å²) in [5.74, 6) is 0.0117. The molecule has 1 fully saturated rings. The molecule has 2 aromatic rings. The molecule has 0 radical (unpaired) electrons. The second kappa shape index (κ2) is 5.82. The van der Waals surface area contributed by atoms with E-state index in [0.717, 1.165) is 22.4 Å². The molecule has 0 saturated carbocycles. The van der Waals surface area contributed by atoms with Gasteiger partial charge in [-0.15, -0.1) is 0 Å². The lowest BCUT2D eigenvalue weighted by Crippen LogP contribution is -2.28. The van der Waals surface area contributed by atoms with E-state index in [4.69, 9.17) is 9.47 Å². The first-order valence-corrected chi connectivity index (χ1v) is 8.42. The van der Waals surface area contributed by atoms with Gasteiger partial charge in [-0.05, 0) is 31.9 Å². The number of hydrogen-bond acceptors (Lipinski definition) is 5. The third-order valence-electron chi connectivity index (χ3n) is 4.58. The van der Waals surface area contributed by atoms with Crippen molar-refractivity contribution >= 4 is 17.1 Å². The Balaban J connectivity index is 1.57. The van der Waals surface area contributed by atoms with Gasteiger partial charge in [0.25, 0.3) is 0 Å². The van der Waals surface area contributed by atoms with Crippen molar-refractivity contribution in [2.45, 2.75) is 38.7 Å². The number of para-hydroxylation sites is 1. The quantitative estimate of drug-likeness (QED) is 0.795. The minimum atomic E-state index is -0.550. The maximum Gasteiger partial charge on any atom is 0.349 e. The van der Waals surface area contributed by atoms with Gasteiger partial charge in [-0.1, -0.05) is 24.8 Å². The van der Waals surface area contributed by atoms with Crippen LogP contribution in [0.4, 0.5) is 11.5 Å². The highest BCUT2D eigenvalue weighted by atomic mass is 16.7. The van der Waals surface area contributed by atoms with Crippen LogP contribution in [0.25, 0.3) is 5.57 Å². The number of hydrogen-bond donors (Lipinski definition) is 1. The first-order valence-electron chi connectivity index (χ1n) is 8.42. The highest BCUT2D eigenvalue weighted by molar-refractivity contribution is 5.94. The summed E-state index contributed by atoms with van der Waals surface area (Å²) in [7, 11) is 0. The van der Waals surface area contributed by atoms with Crippen LogP contribution in [0.3, 0.4) is 0 Å². The van der Waals surface area contributed by atoms with Crippen LogP contribution in [0, 0.1) is 0 Å². The van der Waals surface area contributed by atoms with E-state index < -0.39 is 5.79 Å². The van der Waals surface area contributed by atoms with Crippen LogP contribution < -0.4 is 11.0 Å². The van der Waals surface area contributed by atoms with E-state index in [1.165, 1.54) is 0 Å². The summed E-state index contributed by atoms with van der Waals surface area (Å²) < 4.78 is 13.0. The van der Waals surface area contributed by atoms with Gasteiger partial charge in [-0.2, -0.15) is 4.98 Å². The summed E-state index contributed by atoms with van der Waals surface area (Å²) in [4.78, 5) is 16.6. The van der Waals surface area contributed by atoms with Gasteiger partial charge in [-0.25, -0.2) is 4.79 Å². The van der Waals surface area contributed by atoms with Gasteiger partial charge < -0.3 is 14.8 Å². The van der Waals surface area contributed by atoms with Crippen molar-refractivity contribution in [2.75, 3.05) is 11.9 Å². The monoisotopic (exact) mass is 339 g/mol. The molecule has 130 valence electrons. The standard InChI is InChI=1S/C19H21N3O3/c1-12-14-6-4-5-7-16(14)20-17-15(12)10-22(18(23)21-17)9-8-13-11-24-19(2,3)25-13/h4-7,10,13H,1,8-9,11H2,2-3H3,(H,20,21,23). The SMILES string of the molecule is C=C1c2ccccc2Nc2nc(=O)n(CCC3COC(C)(C)O3)cc21. The lowest BCUT2D eigenvalue weighted by Gasteiger charge is -2.23. The van der Waals surface area contributed by atoms with Gasteiger partial charge >= 0.3 is 5.69 Å². The van der Waals surface area contributed by atoms with Crippen molar-refractivity contribution in [2.24, 2.45) is 0 Å². The number of ether oxygens (including phenoxy) is 2. The number of nitrogens with one attached hydrogen (secondary N) is 1. The van der Waals surface area contributed by atoms with Crippen molar-refractivity contribution in [3.8, 4) is 0 Å². The topological polar surface area (TPSA) is 65.4 Å². The van der Waals surface area contributed by atoms with Crippen molar-refractivity contribution in [3.05, 3.63) is 58.7 Å². The van der Waals surface area contributed by atoms with Crippen LogP contribution in [-0.2, 0) is 16.0 Å². The highest BCUT2D eigenvalue weighted by Gasteiger charge is 2.32. The van der Waals surface area contributed by atoms with Gasteiger partial charge in [0, 0.05) is 29.6 Å². The fraction of sp³-hybridized carbons (Fsp3) is 0.368. The second-order valence-corrected chi connectivity index (χ2v) is 6.87. The molecule has 4 rings (SSSR count). The molecule has 1 saturated heterocycles. The third-order valence-corrected chi connectivity index (χ3v) is 4.58. The average molecular weight is 339 g/mol. The number of anilines is 2. The Labute approximate surface area is 146 Å². The molecule has 1 atom stereocenters. The molecular weight excluding hydrogens is 318 g/mol. The number of fused-ring (bicyclic) bond motifs is 2. The fourth-order valence-electron chi connectivity index (χ4n) is 3.28. The molecule has 1 aromatic heterocycles. The zero-order chi connectivity index (χ0) is 17.6. The molecule has 25 heavy (non-hydrogen) atoms. The van der Waals surface area contributed by atoms with Crippen LogP contribution in [0.15, 0.2) is 41.8 Å². The minimum Gasteiger partial charge on any atom is -0.348 e. The molecule has 0 bridgehead atoms. The average Bonchev–Trinajstić information content (AvgIpc) is 2.93. The van der Waals surface area contributed by atoms with Gasteiger partial charge in [-0.3, -0.25) is 4.57 Å². The van der Waals surface area contributed by atoms with Crippen LogP contribution in [0.1, 0.15) is 31.4 Å². The summed E-state index contributed by atoms with van der Waals surface area (Å²) in [5.41, 5.74) is 3.38. The molecule has 2 aliphatic rings. The maximum atomic E-state index is 12.4. The number of aryl methyl sites for hydroxylation is 1. The Morgan fingerprint density at radius 2 is 2.16 bits per heavy atom. The Morgan fingerprint density at radius 3 is 2.92 bits per heavy atom. The molecule has 3 heterocycles. The third kappa shape index (κ3) is 2.99. The Kier molecular flexibility index (Phi) is 3.74. The summed E-state index contributed by atoms with van der Waals surface area (Å²) in [6.45, 7) is 9.04. The number of benzene rings is 1. The molecular formula is C19H21N3O3. The summed E-state index contributed by atoms with van der Waals surface area (Å²) in [6, 6.07) is 7.88. The van der Waals surface area contributed by atoms with E-state index in [1.54, 1.807) is 4.57 Å².